The molecular formula is C13H17NO5. The van der Waals surface area contributed by atoms with E-state index >= 15 is 0 Å². The molecule has 1 aromatic heterocycles. The lowest BCUT2D eigenvalue weighted by Gasteiger charge is -2.22. The molecule has 1 rings (SSSR count). The van der Waals surface area contributed by atoms with Crippen molar-refractivity contribution in [2.75, 3.05) is 0 Å². The smallest absolute Gasteiger partial charge is 0.335 e. The summed E-state index contributed by atoms with van der Waals surface area (Å²) in [7, 11) is 0. The minimum atomic E-state index is -0.793. The van der Waals surface area contributed by atoms with Gasteiger partial charge in [-0.15, -0.1) is 0 Å². The molecule has 1 atom stereocenters. The van der Waals surface area contributed by atoms with E-state index in [1.54, 1.807) is 20.8 Å². The number of carbonyl (C=O) groups is 2. The molecule has 6 heteroatoms. The standard InChI is InChI=1S/C13H17NO5/c1-8(12(17)19-13(2,3)4)14-11(16)9-5-6-10(15)18-7-9/h5-8H,1-4H3,(H,14,16)/t8-/m1/s1. The molecule has 0 unspecified atom stereocenters. The van der Waals surface area contributed by atoms with Crippen LogP contribution in [0.2, 0.25) is 0 Å². The van der Waals surface area contributed by atoms with Crippen LogP contribution in [-0.2, 0) is 9.53 Å². The van der Waals surface area contributed by atoms with Crippen molar-refractivity contribution < 1.29 is 18.7 Å². The number of ether oxygens (including phenoxy) is 1. The van der Waals surface area contributed by atoms with Crippen molar-refractivity contribution in [1.82, 2.24) is 5.32 Å². The highest BCUT2D eigenvalue weighted by molar-refractivity contribution is 5.96. The molecule has 19 heavy (non-hydrogen) atoms. The predicted molar refractivity (Wildman–Crippen MR) is 67.8 cm³/mol. The van der Waals surface area contributed by atoms with E-state index in [0.717, 1.165) is 12.3 Å². The molecule has 1 amide bonds. The molecule has 0 saturated carbocycles. The maximum absolute atomic E-state index is 11.8. The van der Waals surface area contributed by atoms with Gasteiger partial charge in [0.1, 0.15) is 17.9 Å². The normalized spacial score (nSPS) is 12.6. The number of amides is 1. The van der Waals surface area contributed by atoms with Gasteiger partial charge < -0.3 is 14.5 Å². The number of rotatable bonds is 3. The molecule has 1 aromatic rings. The summed E-state index contributed by atoms with van der Waals surface area (Å²) in [6.45, 7) is 6.74. The Morgan fingerprint density at radius 1 is 1.32 bits per heavy atom. The Morgan fingerprint density at radius 3 is 2.42 bits per heavy atom. The van der Waals surface area contributed by atoms with Gasteiger partial charge in [-0.2, -0.15) is 0 Å². The molecule has 0 fully saturated rings. The molecule has 6 nitrogen and oxygen atoms in total. The number of hydrogen-bond donors (Lipinski definition) is 1. The Balaban J connectivity index is 2.64. The SMILES string of the molecule is C[C@@H](NC(=O)c1ccc(=O)oc1)C(=O)OC(C)(C)C. The van der Waals surface area contributed by atoms with E-state index in [2.05, 4.69) is 9.73 Å². The van der Waals surface area contributed by atoms with E-state index in [0.29, 0.717) is 0 Å². The second kappa shape index (κ2) is 5.69. The molecule has 0 bridgehead atoms. The van der Waals surface area contributed by atoms with Crippen molar-refractivity contribution in [3.05, 3.63) is 34.4 Å². The summed E-state index contributed by atoms with van der Waals surface area (Å²) in [5, 5.41) is 2.46. The van der Waals surface area contributed by atoms with Crippen molar-refractivity contribution in [2.45, 2.75) is 39.3 Å². The third kappa shape index (κ3) is 4.95. The van der Waals surface area contributed by atoms with Gasteiger partial charge in [-0.25, -0.2) is 9.59 Å². The molecular weight excluding hydrogens is 250 g/mol. The zero-order chi connectivity index (χ0) is 14.6. The molecule has 1 N–H and O–H groups in total. The molecule has 0 aliphatic carbocycles. The minimum absolute atomic E-state index is 0.162. The first kappa shape index (κ1) is 14.9. The van der Waals surface area contributed by atoms with E-state index in [9.17, 15) is 14.4 Å². The van der Waals surface area contributed by atoms with Crippen LogP contribution in [0.3, 0.4) is 0 Å². The summed E-state index contributed by atoms with van der Waals surface area (Å²) >= 11 is 0. The van der Waals surface area contributed by atoms with Gasteiger partial charge in [-0.05, 0) is 33.8 Å². The lowest BCUT2D eigenvalue weighted by molar-refractivity contribution is -0.156. The summed E-state index contributed by atoms with van der Waals surface area (Å²) in [4.78, 5) is 34.2. The topological polar surface area (TPSA) is 85.6 Å². The maximum atomic E-state index is 11.8. The van der Waals surface area contributed by atoms with Crippen LogP contribution in [-0.4, -0.2) is 23.5 Å². The zero-order valence-corrected chi connectivity index (χ0v) is 11.4. The molecule has 0 aliphatic rings. The number of esters is 1. The monoisotopic (exact) mass is 267 g/mol. The summed E-state index contributed by atoms with van der Waals surface area (Å²) < 4.78 is 9.70. The molecule has 0 saturated heterocycles. The first-order valence-electron chi connectivity index (χ1n) is 5.81. The third-order valence-electron chi connectivity index (χ3n) is 2.07. The van der Waals surface area contributed by atoms with E-state index < -0.39 is 29.1 Å². The van der Waals surface area contributed by atoms with Crippen LogP contribution >= 0.6 is 0 Å². The number of carbonyl (C=O) groups excluding carboxylic acids is 2. The third-order valence-corrected chi connectivity index (χ3v) is 2.07. The van der Waals surface area contributed by atoms with Crippen molar-refractivity contribution in [1.29, 1.82) is 0 Å². The molecule has 0 aromatic carbocycles. The molecule has 0 aliphatic heterocycles. The second-order valence-electron chi connectivity index (χ2n) is 5.07. The van der Waals surface area contributed by atoms with Crippen LogP contribution in [0.1, 0.15) is 38.1 Å². The van der Waals surface area contributed by atoms with Crippen LogP contribution in [0.15, 0.2) is 27.6 Å². The summed E-state index contributed by atoms with van der Waals surface area (Å²) in [6, 6.07) is 1.66. The van der Waals surface area contributed by atoms with E-state index in [1.807, 2.05) is 0 Å². The van der Waals surface area contributed by atoms with Crippen LogP contribution in [0.5, 0.6) is 0 Å². The predicted octanol–water partition coefficient (Wildman–Crippen LogP) is 1.10. The fourth-order valence-electron chi connectivity index (χ4n) is 1.22. The summed E-state index contributed by atoms with van der Waals surface area (Å²) in [5.74, 6) is -1.04. The highest BCUT2D eigenvalue weighted by atomic mass is 16.6. The highest BCUT2D eigenvalue weighted by Crippen LogP contribution is 2.08. The average molecular weight is 267 g/mol. The van der Waals surface area contributed by atoms with Crippen molar-refractivity contribution in [3.8, 4) is 0 Å². The quantitative estimate of drug-likeness (QED) is 0.829. The Labute approximate surface area is 110 Å². The van der Waals surface area contributed by atoms with E-state index in [1.165, 1.54) is 13.0 Å². The lowest BCUT2D eigenvalue weighted by atomic mass is 10.2. The minimum Gasteiger partial charge on any atom is -0.458 e. The van der Waals surface area contributed by atoms with Crippen LogP contribution in [0.4, 0.5) is 0 Å². The zero-order valence-electron chi connectivity index (χ0n) is 11.4. The maximum Gasteiger partial charge on any atom is 0.335 e. The van der Waals surface area contributed by atoms with E-state index in [4.69, 9.17) is 4.74 Å². The van der Waals surface area contributed by atoms with Crippen molar-refractivity contribution >= 4 is 11.9 Å². The van der Waals surface area contributed by atoms with Crippen molar-refractivity contribution in [3.63, 3.8) is 0 Å². The van der Waals surface area contributed by atoms with Gasteiger partial charge in [-0.1, -0.05) is 0 Å². The van der Waals surface area contributed by atoms with Gasteiger partial charge in [0.05, 0.1) is 5.56 Å². The number of nitrogens with one attached hydrogen (secondary N) is 1. The molecule has 1 heterocycles. The van der Waals surface area contributed by atoms with Gasteiger partial charge in [0, 0.05) is 6.07 Å². The largest absolute Gasteiger partial charge is 0.458 e. The average Bonchev–Trinajstić information content (AvgIpc) is 2.27. The Bertz CT molecular complexity index is 506. The molecule has 104 valence electrons. The Kier molecular flexibility index (Phi) is 4.47. The Hall–Kier alpha value is -2.11. The van der Waals surface area contributed by atoms with Gasteiger partial charge >= 0.3 is 11.6 Å². The van der Waals surface area contributed by atoms with Gasteiger partial charge in [0.15, 0.2) is 0 Å². The van der Waals surface area contributed by atoms with Crippen LogP contribution < -0.4 is 10.9 Å². The van der Waals surface area contributed by atoms with Crippen LogP contribution in [0.25, 0.3) is 0 Å². The summed E-state index contributed by atoms with van der Waals surface area (Å²) in [5.41, 5.74) is -0.998. The van der Waals surface area contributed by atoms with Crippen LogP contribution in [0, 0.1) is 0 Å². The highest BCUT2D eigenvalue weighted by Gasteiger charge is 2.23. The molecule has 0 spiro atoms. The van der Waals surface area contributed by atoms with Gasteiger partial charge in [0.25, 0.3) is 5.91 Å². The summed E-state index contributed by atoms with van der Waals surface area (Å²) in [6.07, 6.45) is 1.04. The van der Waals surface area contributed by atoms with Gasteiger partial charge in [-0.3, -0.25) is 4.79 Å². The first-order chi connectivity index (χ1) is 8.69. The fourth-order valence-corrected chi connectivity index (χ4v) is 1.22. The molecule has 0 radical (unpaired) electrons. The van der Waals surface area contributed by atoms with E-state index in [-0.39, 0.29) is 5.56 Å². The van der Waals surface area contributed by atoms with Gasteiger partial charge in [0.2, 0.25) is 0 Å². The Morgan fingerprint density at radius 2 is 1.95 bits per heavy atom. The first-order valence-corrected chi connectivity index (χ1v) is 5.81. The lowest BCUT2D eigenvalue weighted by Crippen LogP contribution is -2.42. The number of hydrogen-bond acceptors (Lipinski definition) is 5. The second-order valence-corrected chi connectivity index (χ2v) is 5.07. The van der Waals surface area contributed by atoms with Crippen molar-refractivity contribution in [2.24, 2.45) is 0 Å². The fraction of sp³-hybridized carbons (Fsp3) is 0.462.